The molecule has 0 radical (unpaired) electrons. The van der Waals surface area contributed by atoms with Crippen LogP contribution in [0.5, 0.6) is 0 Å². The molecule has 15 heteroatoms. The standard InChI is InChI=1S/C18H21N9O4S2/c19-8-11(20)9-25-33(30,31)14-4-3-12(13-2-1-6-27-7-5-22-18(13)27)15(16(14)32(21,28)29)17-23-10-24-26-17/h1-7,11,25H,8-10,19-20H2,(H2,21,28,29)/t11-/m0/s1. The van der Waals surface area contributed by atoms with E-state index in [9.17, 15) is 16.8 Å². The summed E-state index contributed by atoms with van der Waals surface area (Å²) in [5.41, 5.74) is 12.4. The molecule has 0 fully saturated rings. The smallest absolute Gasteiger partial charge is 0.241 e. The first kappa shape index (κ1) is 23.1. The SMILES string of the molecule is NC[C@H](N)CNS(=O)(=O)c1ccc(-c2cccn3ccnc23)c(C2=NCN=N2)c1S(N)(=O)=O. The van der Waals surface area contributed by atoms with Crippen LogP contribution in [0.4, 0.5) is 0 Å². The predicted molar refractivity (Wildman–Crippen MR) is 120 cm³/mol. The molecule has 13 nitrogen and oxygen atoms in total. The zero-order valence-electron chi connectivity index (χ0n) is 17.2. The number of nitrogens with one attached hydrogen (secondary N) is 1. The van der Waals surface area contributed by atoms with Crippen LogP contribution in [0.15, 0.2) is 67.9 Å². The van der Waals surface area contributed by atoms with Gasteiger partial charge in [0.15, 0.2) is 12.5 Å². The molecule has 0 saturated carbocycles. The Balaban J connectivity index is 2.04. The van der Waals surface area contributed by atoms with Crippen molar-refractivity contribution in [3.05, 3.63) is 48.4 Å². The van der Waals surface area contributed by atoms with Crippen LogP contribution in [0.3, 0.4) is 0 Å². The van der Waals surface area contributed by atoms with Crippen molar-refractivity contribution < 1.29 is 16.8 Å². The van der Waals surface area contributed by atoms with E-state index in [1.165, 1.54) is 6.07 Å². The van der Waals surface area contributed by atoms with E-state index in [2.05, 4.69) is 24.9 Å². The maximum Gasteiger partial charge on any atom is 0.241 e. The van der Waals surface area contributed by atoms with Crippen molar-refractivity contribution in [2.75, 3.05) is 19.8 Å². The van der Waals surface area contributed by atoms with E-state index in [1.807, 2.05) is 0 Å². The summed E-state index contributed by atoms with van der Waals surface area (Å²) in [5.74, 6) is -0.0571. The summed E-state index contributed by atoms with van der Waals surface area (Å²) in [7, 11) is -8.94. The van der Waals surface area contributed by atoms with Gasteiger partial charge in [-0.25, -0.2) is 36.7 Å². The number of azo groups is 1. The highest BCUT2D eigenvalue weighted by Gasteiger charge is 2.33. The van der Waals surface area contributed by atoms with Crippen LogP contribution < -0.4 is 21.3 Å². The van der Waals surface area contributed by atoms with Gasteiger partial charge in [-0.2, -0.15) is 5.11 Å². The number of primary sulfonamides is 1. The minimum absolute atomic E-state index is 0.0280. The fraction of sp³-hybridized carbons (Fsp3) is 0.222. The van der Waals surface area contributed by atoms with Gasteiger partial charge in [-0.15, -0.1) is 5.11 Å². The van der Waals surface area contributed by atoms with Crippen molar-refractivity contribution in [1.29, 1.82) is 0 Å². The van der Waals surface area contributed by atoms with Gasteiger partial charge in [-0.05, 0) is 23.8 Å². The summed E-state index contributed by atoms with van der Waals surface area (Å²) in [6.07, 6.45) is 5.06. The maximum absolute atomic E-state index is 13.1. The van der Waals surface area contributed by atoms with E-state index in [0.29, 0.717) is 16.8 Å². The molecule has 1 atom stereocenters. The second kappa shape index (κ2) is 8.69. The molecule has 0 bridgehead atoms. The Morgan fingerprint density at radius 3 is 2.58 bits per heavy atom. The van der Waals surface area contributed by atoms with Crippen molar-refractivity contribution in [1.82, 2.24) is 14.1 Å². The Morgan fingerprint density at radius 2 is 1.91 bits per heavy atom. The molecule has 0 amide bonds. The highest BCUT2D eigenvalue weighted by molar-refractivity contribution is 7.92. The van der Waals surface area contributed by atoms with Crippen LogP contribution in [0.25, 0.3) is 16.8 Å². The molecule has 0 spiro atoms. The molecule has 0 aliphatic carbocycles. The Hall–Kier alpha value is -3.08. The fourth-order valence-corrected chi connectivity index (χ4v) is 6.09. The molecule has 33 heavy (non-hydrogen) atoms. The highest BCUT2D eigenvalue weighted by Crippen LogP contribution is 2.36. The number of hydrogen-bond donors (Lipinski definition) is 4. The third kappa shape index (κ3) is 4.41. The third-order valence-electron chi connectivity index (χ3n) is 4.92. The summed E-state index contributed by atoms with van der Waals surface area (Å²) in [6.45, 7) is -0.207. The number of imidazole rings is 1. The van der Waals surface area contributed by atoms with Gasteiger partial charge in [-0.1, -0.05) is 6.07 Å². The summed E-state index contributed by atoms with van der Waals surface area (Å²) in [4.78, 5) is 7.23. The second-order valence-electron chi connectivity index (χ2n) is 7.15. The number of hydrogen-bond acceptors (Lipinski definition) is 10. The molecule has 174 valence electrons. The van der Waals surface area contributed by atoms with Gasteiger partial charge in [0.05, 0.1) is 5.56 Å². The third-order valence-corrected chi connectivity index (χ3v) is 7.50. The summed E-state index contributed by atoms with van der Waals surface area (Å²) < 4.78 is 55.7. The zero-order valence-corrected chi connectivity index (χ0v) is 18.8. The summed E-state index contributed by atoms with van der Waals surface area (Å²) in [6, 6.07) is 5.41. The lowest BCUT2D eigenvalue weighted by Gasteiger charge is -2.18. The Labute approximate surface area is 189 Å². The Kier molecular flexibility index (Phi) is 6.08. The van der Waals surface area contributed by atoms with E-state index >= 15 is 0 Å². The van der Waals surface area contributed by atoms with E-state index in [-0.39, 0.29) is 31.2 Å². The van der Waals surface area contributed by atoms with Crippen molar-refractivity contribution in [2.45, 2.75) is 15.8 Å². The van der Waals surface area contributed by atoms with Gasteiger partial charge in [0.2, 0.25) is 20.0 Å². The van der Waals surface area contributed by atoms with Gasteiger partial charge in [0.25, 0.3) is 0 Å². The van der Waals surface area contributed by atoms with E-state index in [4.69, 9.17) is 16.6 Å². The topological polar surface area (TPSA) is 213 Å². The van der Waals surface area contributed by atoms with E-state index in [0.717, 1.165) is 6.07 Å². The molecular formula is C18H21N9O4S2. The lowest BCUT2D eigenvalue weighted by atomic mass is 9.99. The van der Waals surface area contributed by atoms with Crippen molar-refractivity contribution >= 4 is 31.5 Å². The lowest BCUT2D eigenvalue weighted by molar-refractivity contribution is 0.563. The zero-order chi connectivity index (χ0) is 23.8. The van der Waals surface area contributed by atoms with Crippen LogP contribution in [0, 0.1) is 0 Å². The number of nitrogens with zero attached hydrogens (tertiary/aromatic N) is 5. The molecule has 4 rings (SSSR count). The Bertz CT molecular complexity index is 1490. The number of nitrogens with two attached hydrogens (primary N) is 3. The minimum Gasteiger partial charge on any atom is -0.329 e. The molecule has 7 N–H and O–H groups in total. The van der Waals surface area contributed by atoms with Gasteiger partial charge < -0.3 is 15.9 Å². The molecule has 0 saturated heterocycles. The molecule has 3 aromatic rings. The van der Waals surface area contributed by atoms with E-state index in [1.54, 1.807) is 35.1 Å². The molecule has 2 aromatic heterocycles. The van der Waals surface area contributed by atoms with Crippen molar-refractivity contribution in [3.8, 4) is 11.1 Å². The second-order valence-corrected chi connectivity index (χ2v) is 10.4. The maximum atomic E-state index is 13.1. The minimum atomic E-state index is -4.58. The molecule has 3 heterocycles. The van der Waals surface area contributed by atoms with Gasteiger partial charge in [-0.3, -0.25) is 0 Å². The number of fused-ring (bicyclic) bond motifs is 1. The average Bonchev–Trinajstić information content (AvgIpc) is 3.47. The van der Waals surface area contributed by atoms with Crippen LogP contribution >= 0.6 is 0 Å². The van der Waals surface area contributed by atoms with Gasteiger partial charge in [0.1, 0.15) is 15.4 Å². The largest absolute Gasteiger partial charge is 0.329 e. The molecule has 0 unspecified atom stereocenters. The van der Waals surface area contributed by atoms with Gasteiger partial charge >= 0.3 is 0 Å². The Morgan fingerprint density at radius 1 is 1.12 bits per heavy atom. The average molecular weight is 492 g/mol. The number of sulfonamides is 2. The quantitative estimate of drug-likeness (QED) is 0.320. The number of benzene rings is 1. The van der Waals surface area contributed by atoms with Crippen LogP contribution in [-0.2, 0) is 20.0 Å². The molecule has 1 aliphatic rings. The number of rotatable bonds is 8. The number of aliphatic imine (C=N–C) groups is 1. The van der Waals surface area contributed by atoms with Crippen molar-refractivity contribution in [2.24, 2.45) is 31.8 Å². The first-order valence-corrected chi connectivity index (χ1v) is 12.7. The summed E-state index contributed by atoms with van der Waals surface area (Å²) >= 11 is 0. The number of amidine groups is 1. The highest BCUT2D eigenvalue weighted by atomic mass is 32.2. The van der Waals surface area contributed by atoms with Crippen LogP contribution in [0.1, 0.15) is 5.56 Å². The van der Waals surface area contributed by atoms with Crippen LogP contribution in [0.2, 0.25) is 0 Å². The molecule has 1 aliphatic heterocycles. The first-order valence-electron chi connectivity index (χ1n) is 9.63. The molecule has 1 aromatic carbocycles. The normalized spacial score (nSPS) is 15.2. The first-order chi connectivity index (χ1) is 15.6. The molecular weight excluding hydrogens is 470 g/mol. The lowest BCUT2D eigenvalue weighted by Crippen LogP contribution is -2.42. The number of aromatic nitrogens is 2. The van der Waals surface area contributed by atoms with Gasteiger partial charge in [0, 0.05) is 43.3 Å². The predicted octanol–water partition coefficient (Wildman–Crippen LogP) is -0.617. The van der Waals surface area contributed by atoms with Crippen LogP contribution in [-0.4, -0.2) is 57.9 Å². The monoisotopic (exact) mass is 491 g/mol. The van der Waals surface area contributed by atoms with E-state index < -0.39 is 35.9 Å². The van der Waals surface area contributed by atoms with Crippen molar-refractivity contribution in [3.63, 3.8) is 0 Å². The number of pyridine rings is 1. The fourth-order valence-electron chi connectivity index (χ4n) is 3.40. The summed E-state index contributed by atoms with van der Waals surface area (Å²) in [5, 5.41) is 13.2.